The van der Waals surface area contributed by atoms with Crippen molar-refractivity contribution in [3.63, 3.8) is 0 Å². The molecular formula is C30H25NO. The van der Waals surface area contributed by atoms with Crippen LogP contribution in [0.3, 0.4) is 0 Å². The van der Waals surface area contributed by atoms with Crippen molar-refractivity contribution < 1.29 is 4.74 Å². The number of methoxy groups -OCH3 is 1. The molecule has 5 aromatic carbocycles. The van der Waals surface area contributed by atoms with Crippen LogP contribution in [-0.2, 0) is 12.8 Å². The monoisotopic (exact) mass is 415 g/mol. The highest BCUT2D eigenvalue weighted by molar-refractivity contribution is 5.89. The first kappa shape index (κ1) is 18.9. The summed E-state index contributed by atoms with van der Waals surface area (Å²) in [6.45, 7) is 0. The van der Waals surface area contributed by atoms with Crippen LogP contribution in [0.5, 0.6) is 5.75 Å². The summed E-state index contributed by atoms with van der Waals surface area (Å²) >= 11 is 0. The summed E-state index contributed by atoms with van der Waals surface area (Å²) in [7, 11) is 1.77. The van der Waals surface area contributed by atoms with Crippen molar-refractivity contribution in [2.75, 3.05) is 12.0 Å². The number of hydrogen-bond donors (Lipinski definition) is 0. The molecule has 1 heterocycles. The van der Waals surface area contributed by atoms with Crippen molar-refractivity contribution in [3.05, 3.63) is 114 Å². The summed E-state index contributed by atoms with van der Waals surface area (Å²) in [5.74, 6) is 0.941. The van der Waals surface area contributed by atoms with Gasteiger partial charge in [-0.15, -0.1) is 0 Å². The molecular weight excluding hydrogens is 390 g/mol. The van der Waals surface area contributed by atoms with Crippen LogP contribution in [0.15, 0.2) is 103 Å². The van der Waals surface area contributed by atoms with Crippen molar-refractivity contribution in [1.29, 1.82) is 0 Å². The van der Waals surface area contributed by atoms with Crippen LogP contribution >= 0.6 is 0 Å². The van der Waals surface area contributed by atoms with E-state index in [1.54, 1.807) is 7.11 Å². The van der Waals surface area contributed by atoms with Crippen LogP contribution in [0.25, 0.3) is 21.5 Å². The van der Waals surface area contributed by atoms with E-state index in [2.05, 4.69) is 108 Å². The second-order valence-electron chi connectivity index (χ2n) is 8.61. The topological polar surface area (TPSA) is 12.5 Å². The van der Waals surface area contributed by atoms with E-state index in [1.165, 1.54) is 44.0 Å². The average Bonchev–Trinajstić information content (AvgIpc) is 3.21. The molecule has 0 saturated heterocycles. The fourth-order valence-electron chi connectivity index (χ4n) is 5.17. The van der Waals surface area contributed by atoms with Gasteiger partial charge in [0.15, 0.2) is 0 Å². The molecule has 32 heavy (non-hydrogen) atoms. The molecule has 0 N–H and O–H groups in total. The van der Waals surface area contributed by atoms with Gasteiger partial charge < -0.3 is 9.64 Å². The second-order valence-corrected chi connectivity index (χ2v) is 8.61. The van der Waals surface area contributed by atoms with E-state index in [0.717, 1.165) is 18.6 Å². The highest BCUT2D eigenvalue weighted by Crippen LogP contribution is 2.45. The van der Waals surface area contributed by atoms with E-state index in [9.17, 15) is 0 Å². The predicted octanol–water partition coefficient (Wildman–Crippen LogP) is 7.31. The zero-order chi connectivity index (χ0) is 21.5. The van der Waals surface area contributed by atoms with E-state index in [4.69, 9.17) is 4.74 Å². The first-order valence-corrected chi connectivity index (χ1v) is 11.2. The van der Waals surface area contributed by atoms with Crippen LogP contribution in [-0.4, -0.2) is 13.2 Å². The second kappa shape index (κ2) is 7.72. The molecule has 0 radical (unpaired) electrons. The van der Waals surface area contributed by atoms with Crippen molar-refractivity contribution in [3.8, 4) is 5.75 Å². The zero-order valence-corrected chi connectivity index (χ0v) is 18.2. The van der Waals surface area contributed by atoms with E-state index in [0.29, 0.717) is 6.04 Å². The van der Waals surface area contributed by atoms with Gasteiger partial charge in [0, 0.05) is 11.7 Å². The normalized spacial score (nSPS) is 15.3. The zero-order valence-electron chi connectivity index (χ0n) is 18.2. The van der Waals surface area contributed by atoms with Gasteiger partial charge in [0.25, 0.3) is 0 Å². The summed E-state index contributed by atoms with van der Waals surface area (Å²) in [5, 5.41) is 5.12. The fraction of sp³-hybridized carbons (Fsp3) is 0.133. The largest absolute Gasteiger partial charge is 0.495 e. The molecule has 0 fully saturated rings. The molecule has 2 nitrogen and oxygen atoms in total. The summed E-state index contributed by atoms with van der Waals surface area (Å²) in [4.78, 5) is 2.50. The summed E-state index contributed by atoms with van der Waals surface area (Å²) in [5.41, 5.74) is 5.14. The molecule has 1 unspecified atom stereocenters. The van der Waals surface area contributed by atoms with Gasteiger partial charge in [0.05, 0.1) is 12.8 Å². The van der Waals surface area contributed by atoms with E-state index in [-0.39, 0.29) is 0 Å². The standard InChI is InChI=1S/C30H25NO/c1-32-29-12-6-11-26-20-28(18-21-13-14-22-7-2-4-9-24(22)17-21)31(30(26)29)27-16-15-23-8-3-5-10-25(23)19-27/h2-17,19,28H,18,20H2,1H3. The fourth-order valence-corrected chi connectivity index (χ4v) is 5.17. The first-order chi connectivity index (χ1) is 15.8. The molecule has 6 rings (SSSR count). The van der Waals surface area contributed by atoms with Gasteiger partial charge in [-0.05, 0) is 63.7 Å². The predicted molar refractivity (Wildman–Crippen MR) is 134 cm³/mol. The Morgan fingerprint density at radius 1 is 0.719 bits per heavy atom. The SMILES string of the molecule is COc1cccc2c1N(c1ccc3ccccc3c1)C(Cc1ccc3ccccc3c1)C2. The molecule has 1 atom stereocenters. The van der Waals surface area contributed by atoms with E-state index < -0.39 is 0 Å². The Bertz CT molecular complexity index is 1440. The number of para-hydroxylation sites is 1. The summed E-state index contributed by atoms with van der Waals surface area (Å²) in [6, 6.07) is 37.6. The average molecular weight is 416 g/mol. The lowest BCUT2D eigenvalue weighted by atomic mass is 9.99. The minimum Gasteiger partial charge on any atom is -0.495 e. The number of rotatable bonds is 4. The molecule has 0 spiro atoms. The Hall–Kier alpha value is -3.78. The smallest absolute Gasteiger partial charge is 0.142 e. The lowest BCUT2D eigenvalue weighted by Crippen LogP contribution is -2.29. The van der Waals surface area contributed by atoms with Crippen LogP contribution < -0.4 is 9.64 Å². The van der Waals surface area contributed by atoms with E-state index in [1.807, 2.05) is 0 Å². The van der Waals surface area contributed by atoms with E-state index >= 15 is 0 Å². The van der Waals surface area contributed by atoms with Crippen molar-refractivity contribution in [2.24, 2.45) is 0 Å². The lowest BCUT2D eigenvalue weighted by Gasteiger charge is -2.29. The van der Waals surface area contributed by atoms with Gasteiger partial charge in [-0.2, -0.15) is 0 Å². The number of benzene rings is 5. The minimum absolute atomic E-state index is 0.337. The Morgan fingerprint density at radius 2 is 1.41 bits per heavy atom. The third kappa shape index (κ3) is 3.20. The maximum Gasteiger partial charge on any atom is 0.142 e. The third-order valence-corrected chi connectivity index (χ3v) is 6.66. The Balaban J connectivity index is 1.45. The number of hydrogen-bond acceptors (Lipinski definition) is 2. The first-order valence-electron chi connectivity index (χ1n) is 11.2. The molecule has 0 amide bonds. The third-order valence-electron chi connectivity index (χ3n) is 6.66. The van der Waals surface area contributed by atoms with Crippen molar-refractivity contribution >= 4 is 32.9 Å². The Morgan fingerprint density at radius 3 is 2.16 bits per heavy atom. The number of fused-ring (bicyclic) bond motifs is 3. The number of anilines is 2. The van der Waals surface area contributed by atoms with Crippen LogP contribution in [0.2, 0.25) is 0 Å². The van der Waals surface area contributed by atoms with Crippen molar-refractivity contribution in [1.82, 2.24) is 0 Å². The molecule has 0 saturated carbocycles. The minimum atomic E-state index is 0.337. The van der Waals surface area contributed by atoms with Gasteiger partial charge in [-0.3, -0.25) is 0 Å². The highest BCUT2D eigenvalue weighted by atomic mass is 16.5. The molecule has 156 valence electrons. The molecule has 1 aliphatic rings. The van der Waals surface area contributed by atoms with Crippen LogP contribution in [0, 0.1) is 0 Å². The highest BCUT2D eigenvalue weighted by Gasteiger charge is 2.33. The summed E-state index contributed by atoms with van der Waals surface area (Å²) < 4.78 is 5.81. The number of nitrogens with zero attached hydrogens (tertiary/aromatic N) is 1. The van der Waals surface area contributed by atoms with Gasteiger partial charge in [0.2, 0.25) is 0 Å². The lowest BCUT2D eigenvalue weighted by molar-refractivity contribution is 0.415. The van der Waals surface area contributed by atoms with Crippen LogP contribution in [0.4, 0.5) is 11.4 Å². The van der Waals surface area contributed by atoms with Gasteiger partial charge in [0.1, 0.15) is 5.75 Å². The Labute approximate surface area is 188 Å². The maximum absolute atomic E-state index is 5.81. The molecule has 5 aromatic rings. The Kier molecular flexibility index (Phi) is 4.57. The summed E-state index contributed by atoms with van der Waals surface area (Å²) in [6.07, 6.45) is 1.99. The van der Waals surface area contributed by atoms with Crippen molar-refractivity contribution in [2.45, 2.75) is 18.9 Å². The molecule has 0 bridgehead atoms. The molecule has 2 heteroatoms. The molecule has 0 aliphatic carbocycles. The van der Waals surface area contributed by atoms with Gasteiger partial charge >= 0.3 is 0 Å². The van der Waals surface area contributed by atoms with Gasteiger partial charge in [-0.25, -0.2) is 0 Å². The van der Waals surface area contributed by atoms with Crippen LogP contribution in [0.1, 0.15) is 11.1 Å². The molecule has 1 aliphatic heterocycles. The maximum atomic E-state index is 5.81. The van der Waals surface area contributed by atoms with Gasteiger partial charge in [-0.1, -0.05) is 84.9 Å². The quantitative estimate of drug-likeness (QED) is 0.305. The number of ether oxygens (including phenoxy) is 1. The molecule has 0 aromatic heterocycles.